The zero-order valence-electron chi connectivity index (χ0n) is 6.81. The molecule has 0 aromatic carbocycles. The van der Waals surface area contributed by atoms with Crippen LogP contribution in [0.15, 0.2) is 20.7 Å². The van der Waals surface area contributed by atoms with Gasteiger partial charge in [-0.15, -0.1) is 10.2 Å². The summed E-state index contributed by atoms with van der Waals surface area (Å²) in [6, 6.07) is 0. The van der Waals surface area contributed by atoms with E-state index in [9.17, 15) is 0 Å². The van der Waals surface area contributed by atoms with E-state index in [1.165, 1.54) is 0 Å². The van der Waals surface area contributed by atoms with Crippen LogP contribution in [0.4, 0.5) is 0 Å². The van der Waals surface area contributed by atoms with Gasteiger partial charge in [0, 0.05) is 0 Å². The van der Waals surface area contributed by atoms with Gasteiger partial charge in [0.25, 0.3) is 5.66 Å². The standard InChI is InChI=1S/C4Cl8N4/c5-1(6,3(7,8)9)2(4(10,11)12)13-15-16-14-2. The van der Waals surface area contributed by atoms with Gasteiger partial charge in [0.1, 0.15) is 0 Å². The van der Waals surface area contributed by atoms with Crippen molar-refractivity contribution in [2.45, 2.75) is 17.6 Å². The molecule has 4 nitrogen and oxygen atoms in total. The highest BCUT2D eigenvalue weighted by atomic mass is 35.6. The summed E-state index contributed by atoms with van der Waals surface area (Å²) in [5, 5.41) is 13.2. The molecule has 0 fully saturated rings. The topological polar surface area (TPSA) is 49.4 Å². The van der Waals surface area contributed by atoms with E-state index in [-0.39, 0.29) is 0 Å². The predicted octanol–water partition coefficient (Wildman–Crippen LogP) is 5.43. The summed E-state index contributed by atoms with van der Waals surface area (Å²) in [6.45, 7) is 0. The van der Waals surface area contributed by atoms with E-state index < -0.39 is 17.6 Å². The molecule has 0 aromatic heterocycles. The van der Waals surface area contributed by atoms with Crippen molar-refractivity contribution in [2.24, 2.45) is 20.7 Å². The van der Waals surface area contributed by atoms with Gasteiger partial charge in [-0.2, -0.15) is 0 Å². The molecule has 16 heavy (non-hydrogen) atoms. The first-order valence-corrected chi connectivity index (χ1v) is 6.33. The molecular weight excluding hydrogens is 388 g/mol. The molecule has 0 aliphatic carbocycles. The fraction of sp³-hybridized carbons (Fsp3) is 1.00. The van der Waals surface area contributed by atoms with Crippen molar-refractivity contribution >= 4 is 92.8 Å². The Bertz CT molecular complexity index is 325. The fourth-order valence-corrected chi connectivity index (χ4v) is 2.58. The van der Waals surface area contributed by atoms with Gasteiger partial charge in [-0.1, -0.05) is 92.8 Å². The van der Waals surface area contributed by atoms with Crippen molar-refractivity contribution in [1.82, 2.24) is 0 Å². The van der Waals surface area contributed by atoms with Crippen molar-refractivity contribution in [1.29, 1.82) is 0 Å². The van der Waals surface area contributed by atoms with Gasteiger partial charge < -0.3 is 0 Å². The first-order valence-electron chi connectivity index (χ1n) is 3.31. The molecule has 1 heterocycles. The molecule has 0 unspecified atom stereocenters. The van der Waals surface area contributed by atoms with E-state index in [4.69, 9.17) is 92.8 Å². The normalized spacial score (nSPS) is 20.5. The molecule has 0 bridgehead atoms. The summed E-state index contributed by atoms with van der Waals surface area (Å²) in [5.74, 6) is 0. The number of alkyl halides is 8. The van der Waals surface area contributed by atoms with Crippen LogP contribution in [0.2, 0.25) is 0 Å². The Labute approximate surface area is 130 Å². The fourth-order valence-electron chi connectivity index (χ4n) is 0.804. The van der Waals surface area contributed by atoms with Crippen LogP contribution in [0, 0.1) is 0 Å². The summed E-state index contributed by atoms with van der Waals surface area (Å²) in [7, 11) is 0. The lowest BCUT2D eigenvalue weighted by molar-refractivity contribution is 0.395. The molecule has 0 atom stereocenters. The molecule has 0 saturated carbocycles. The maximum absolute atomic E-state index is 5.87. The van der Waals surface area contributed by atoms with Gasteiger partial charge in [0.15, 0.2) is 0 Å². The van der Waals surface area contributed by atoms with Crippen LogP contribution in [0.5, 0.6) is 0 Å². The number of halogens is 8. The smallest absolute Gasteiger partial charge is 0.126 e. The lowest BCUT2D eigenvalue weighted by atomic mass is 10.1. The van der Waals surface area contributed by atoms with Crippen LogP contribution in [-0.2, 0) is 0 Å². The van der Waals surface area contributed by atoms with Crippen LogP contribution < -0.4 is 0 Å². The summed E-state index contributed by atoms with van der Waals surface area (Å²) in [5.41, 5.74) is -2.14. The Kier molecular flexibility index (Phi) is 4.45. The quantitative estimate of drug-likeness (QED) is 0.539. The first kappa shape index (κ1) is 15.6. The van der Waals surface area contributed by atoms with E-state index in [2.05, 4.69) is 20.7 Å². The van der Waals surface area contributed by atoms with Crippen LogP contribution in [0.1, 0.15) is 0 Å². The first-order chi connectivity index (χ1) is 6.96. The molecule has 0 saturated heterocycles. The molecule has 1 aliphatic heterocycles. The number of nitrogens with zero attached hydrogens (tertiary/aromatic N) is 4. The summed E-state index contributed by atoms with van der Waals surface area (Å²) in [4.78, 5) is 0. The third kappa shape index (κ3) is 2.32. The van der Waals surface area contributed by atoms with E-state index >= 15 is 0 Å². The zero-order chi connectivity index (χ0) is 12.8. The molecule has 0 amide bonds. The molecule has 12 heteroatoms. The average Bonchev–Trinajstić information content (AvgIpc) is 2.48. The molecule has 1 aliphatic rings. The highest BCUT2D eigenvalue weighted by molar-refractivity contribution is 6.77. The van der Waals surface area contributed by atoms with E-state index in [1.54, 1.807) is 0 Å². The van der Waals surface area contributed by atoms with Crippen LogP contribution in [-0.4, -0.2) is 17.6 Å². The second kappa shape index (κ2) is 4.57. The number of hydrogen-bond donors (Lipinski definition) is 0. The molecule has 0 spiro atoms. The summed E-state index contributed by atoms with van der Waals surface area (Å²) < 4.78 is -6.72. The monoisotopic (exact) mass is 384 g/mol. The lowest BCUT2D eigenvalue weighted by Crippen LogP contribution is -2.58. The van der Waals surface area contributed by atoms with E-state index in [0.29, 0.717) is 0 Å². The molecule has 0 radical (unpaired) electrons. The van der Waals surface area contributed by atoms with E-state index in [1.807, 2.05) is 0 Å². The maximum Gasteiger partial charge on any atom is 0.278 e. The van der Waals surface area contributed by atoms with Gasteiger partial charge in [0.2, 0.25) is 11.9 Å². The number of hydrogen-bond acceptors (Lipinski definition) is 4. The maximum atomic E-state index is 5.87. The van der Waals surface area contributed by atoms with Gasteiger partial charge in [0.05, 0.1) is 0 Å². The van der Waals surface area contributed by atoms with Crippen LogP contribution >= 0.6 is 92.8 Å². The Morgan fingerprint density at radius 2 is 1.06 bits per heavy atom. The van der Waals surface area contributed by atoms with Crippen molar-refractivity contribution in [3.63, 3.8) is 0 Å². The Morgan fingerprint density at radius 3 is 1.31 bits per heavy atom. The predicted molar refractivity (Wildman–Crippen MR) is 67.5 cm³/mol. The molecule has 0 aromatic rings. The molecule has 0 N–H and O–H groups in total. The largest absolute Gasteiger partial charge is 0.278 e. The van der Waals surface area contributed by atoms with Gasteiger partial charge >= 0.3 is 0 Å². The van der Waals surface area contributed by atoms with Gasteiger partial charge in [-0.25, -0.2) is 0 Å². The lowest BCUT2D eigenvalue weighted by Gasteiger charge is -2.40. The van der Waals surface area contributed by atoms with Crippen molar-refractivity contribution in [3.05, 3.63) is 0 Å². The highest BCUT2D eigenvalue weighted by Gasteiger charge is 2.72. The van der Waals surface area contributed by atoms with Gasteiger partial charge in [-0.05, 0) is 10.4 Å². The highest BCUT2D eigenvalue weighted by Crippen LogP contribution is 2.61. The minimum absolute atomic E-state index is 2.14. The molecule has 1 rings (SSSR count). The molecule has 92 valence electrons. The molecular formula is C4Cl8N4. The Morgan fingerprint density at radius 1 is 0.688 bits per heavy atom. The minimum Gasteiger partial charge on any atom is -0.126 e. The van der Waals surface area contributed by atoms with E-state index in [0.717, 1.165) is 0 Å². The van der Waals surface area contributed by atoms with Gasteiger partial charge in [-0.3, -0.25) is 0 Å². The third-order valence-corrected chi connectivity index (χ3v) is 4.92. The summed E-state index contributed by atoms with van der Waals surface area (Å²) in [6.07, 6.45) is 0. The summed E-state index contributed by atoms with van der Waals surface area (Å²) >= 11 is 45.5. The Balaban J connectivity index is 3.36. The second-order valence-electron chi connectivity index (χ2n) is 2.62. The Hall–Kier alpha value is 1.52. The third-order valence-electron chi connectivity index (χ3n) is 1.61. The SMILES string of the molecule is ClC(Cl)(Cl)C(Cl)(Cl)C1(C(Cl)(Cl)Cl)N=NN=N1. The van der Waals surface area contributed by atoms with Crippen molar-refractivity contribution in [2.75, 3.05) is 0 Å². The van der Waals surface area contributed by atoms with Crippen LogP contribution in [0.25, 0.3) is 0 Å². The zero-order valence-corrected chi connectivity index (χ0v) is 12.9. The minimum atomic E-state index is -2.28. The second-order valence-corrected chi connectivity index (χ2v) is 8.51. The van der Waals surface area contributed by atoms with Crippen LogP contribution in [0.3, 0.4) is 0 Å². The average molecular weight is 388 g/mol. The van der Waals surface area contributed by atoms with Crippen molar-refractivity contribution in [3.8, 4) is 0 Å². The van der Waals surface area contributed by atoms with Crippen molar-refractivity contribution < 1.29 is 0 Å². The number of rotatable bonds is 1.